The number of nitrogens with zero attached hydrogens (tertiary/aromatic N) is 2. The van der Waals surface area contributed by atoms with E-state index in [0.717, 1.165) is 0 Å². The van der Waals surface area contributed by atoms with Gasteiger partial charge in [-0.3, -0.25) is 4.79 Å². The van der Waals surface area contributed by atoms with Crippen molar-refractivity contribution in [2.75, 3.05) is 17.7 Å². The number of hydrogen-bond donors (Lipinski definition) is 2. The molecule has 2 aromatic rings. The van der Waals surface area contributed by atoms with Crippen LogP contribution in [0, 0.1) is 0 Å². The van der Waals surface area contributed by atoms with Crippen molar-refractivity contribution in [1.82, 2.24) is 9.97 Å². The van der Waals surface area contributed by atoms with Gasteiger partial charge in [0, 0.05) is 17.8 Å². The summed E-state index contributed by atoms with van der Waals surface area (Å²) in [6, 6.07) is 6.90. The summed E-state index contributed by atoms with van der Waals surface area (Å²) in [4.78, 5) is 19.9. The number of halogens is 1. The van der Waals surface area contributed by atoms with E-state index in [-0.39, 0.29) is 11.6 Å². The topological polar surface area (TPSA) is 66.9 Å². The van der Waals surface area contributed by atoms with Crippen LogP contribution in [-0.2, 0) is 0 Å². The first-order chi connectivity index (χ1) is 8.69. The summed E-state index contributed by atoms with van der Waals surface area (Å²) in [6.45, 7) is 0. The van der Waals surface area contributed by atoms with Gasteiger partial charge in [-0.05, 0) is 18.2 Å². The summed E-state index contributed by atoms with van der Waals surface area (Å²) < 4.78 is 0. The number of carbonyl (C=O) groups excluding carboxylic acids is 1. The number of benzene rings is 1. The van der Waals surface area contributed by atoms with Crippen molar-refractivity contribution in [3.8, 4) is 0 Å². The lowest BCUT2D eigenvalue weighted by Crippen LogP contribution is -2.14. The molecule has 0 aliphatic carbocycles. The number of carbonyl (C=O) groups is 1. The molecule has 1 amide bonds. The van der Waals surface area contributed by atoms with Crippen molar-refractivity contribution in [1.29, 1.82) is 0 Å². The molecule has 0 atom stereocenters. The van der Waals surface area contributed by atoms with Crippen LogP contribution in [0.15, 0.2) is 36.7 Å². The fourth-order valence-corrected chi connectivity index (χ4v) is 1.53. The third-order valence-corrected chi connectivity index (χ3v) is 2.46. The molecule has 18 heavy (non-hydrogen) atoms. The number of amides is 1. The average molecular weight is 263 g/mol. The van der Waals surface area contributed by atoms with Crippen LogP contribution in [0.2, 0.25) is 5.02 Å². The zero-order valence-electron chi connectivity index (χ0n) is 9.64. The molecular formula is C12H11ClN4O. The van der Waals surface area contributed by atoms with Crippen LogP contribution in [0.3, 0.4) is 0 Å². The Labute approximate surface area is 109 Å². The molecule has 0 bridgehead atoms. The number of hydrogen-bond acceptors (Lipinski definition) is 4. The fourth-order valence-electron chi connectivity index (χ4n) is 1.34. The van der Waals surface area contributed by atoms with Gasteiger partial charge in [-0.15, -0.1) is 0 Å². The van der Waals surface area contributed by atoms with Crippen LogP contribution < -0.4 is 10.6 Å². The maximum Gasteiger partial charge on any atom is 0.275 e. The van der Waals surface area contributed by atoms with Crippen LogP contribution in [-0.4, -0.2) is 22.9 Å². The Kier molecular flexibility index (Phi) is 3.74. The van der Waals surface area contributed by atoms with Gasteiger partial charge in [-0.1, -0.05) is 17.7 Å². The Hall–Kier alpha value is -2.14. The largest absolute Gasteiger partial charge is 0.372 e. The maximum atomic E-state index is 11.8. The van der Waals surface area contributed by atoms with Crippen LogP contribution in [0.4, 0.5) is 11.5 Å². The molecule has 2 N–H and O–H groups in total. The van der Waals surface area contributed by atoms with Crippen molar-refractivity contribution in [3.63, 3.8) is 0 Å². The molecule has 1 aromatic heterocycles. The molecule has 0 unspecified atom stereocenters. The van der Waals surface area contributed by atoms with E-state index in [9.17, 15) is 4.79 Å². The molecule has 0 spiro atoms. The van der Waals surface area contributed by atoms with E-state index >= 15 is 0 Å². The Bertz CT molecular complexity index is 556. The summed E-state index contributed by atoms with van der Waals surface area (Å²) in [5, 5.41) is 6.08. The van der Waals surface area contributed by atoms with E-state index in [2.05, 4.69) is 20.6 Å². The van der Waals surface area contributed by atoms with Gasteiger partial charge in [0.2, 0.25) is 0 Å². The summed E-state index contributed by atoms with van der Waals surface area (Å²) in [7, 11) is 1.73. The molecule has 0 fully saturated rings. The molecule has 0 aliphatic heterocycles. The van der Waals surface area contributed by atoms with Gasteiger partial charge in [-0.25, -0.2) is 9.97 Å². The van der Waals surface area contributed by atoms with E-state index in [1.54, 1.807) is 31.3 Å². The molecule has 6 heteroatoms. The second-order valence-electron chi connectivity index (χ2n) is 3.50. The van der Waals surface area contributed by atoms with Gasteiger partial charge in [0.1, 0.15) is 11.5 Å². The zero-order valence-corrected chi connectivity index (χ0v) is 10.4. The zero-order chi connectivity index (χ0) is 13.0. The quantitative estimate of drug-likeness (QED) is 0.892. The summed E-state index contributed by atoms with van der Waals surface area (Å²) in [5.41, 5.74) is 0.862. The minimum absolute atomic E-state index is 0.244. The van der Waals surface area contributed by atoms with Crippen LogP contribution >= 0.6 is 11.6 Å². The third kappa shape index (κ3) is 2.95. The van der Waals surface area contributed by atoms with Crippen molar-refractivity contribution in [2.45, 2.75) is 0 Å². The predicted octanol–water partition coefficient (Wildman–Crippen LogP) is 2.42. The van der Waals surface area contributed by atoms with Gasteiger partial charge < -0.3 is 10.6 Å². The normalized spacial score (nSPS) is 9.89. The molecule has 0 saturated carbocycles. The standard InChI is InChI=1S/C12H11ClN4O/c1-14-11-7-15-10(6-16-11)12(18)17-9-4-2-3-8(13)5-9/h2-7H,1H3,(H,14,16)(H,17,18). The Balaban J connectivity index is 2.11. The second kappa shape index (κ2) is 5.46. The van der Waals surface area contributed by atoms with Crippen molar-refractivity contribution >= 4 is 29.0 Å². The average Bonchev–Trinajstić information content (AvgIpc) is 2.39. The molecule has 1 aromatic carbocycles. The minimum atomic E-state index is -0.326. The monoisotopic (exact) mass is 262 g/mol. The highest BCUT2D eigenvalue weighted by Crippen LogP contribution is 2.15. The molecule has 0 saturated heterocycles. The van der Waals surface area contributed by atoms with Gasteiger partial charge in [0.15, 0.2) is 0 Å². The number of aromatic nitrogens is 2. The lowest BCUT2D eigenvalue weighted by molar-refractivity contribution is 0.102. The Morgan fingerprint density at radius 2 is 2.11 bits per heavy atom. The van der Waals surface area contributed by atoms with Crippen molar-refractivity contribution in [2.24, 2.45) is 0 Å². The van der Waals surface area contributed by atoms with Crippen LogP contribution in [0.5, 0.6) is 0 Å². The van der Waals surface area contributed by atoms with E-state index in [0.29, 0.717) is 16.5 Å². The summed E-state index contributed by atoms with van der Waals surface area (Å²) >= 11 is 5.83. The lowest BCUT2D eigenvalue weighted by atomic mass is 10.3. The fraction of sp³-hybridized carbons (Fsp3) is 0.0833. The Morgan fingerprint density at radius 1 is 1.28 bits per heavy atom. The summed E-state index contributed by atoms with van der Waals surface area (Å²) in [6.07, 6.45) is 2.90. The molecule has 2 rings (SSSR count). The van der Waals surface area contributed by atoms with Crippen LogP contribution in [0.1, 0.15) is 10.5 Å². The second-order valence-corrected chi connectivity index (χ2v) is 3.94. The first-order valence-electron chi connectivity index (χ1n) is 5.26. The summed E-state index contributed by atoms with van der Waals surface area (Å²) in [5.74, 6) is 0.279. The molecule has 92 valence electrons. The van der Waals surface area contributed by atoms with E-state index in [4.69, 9.17) is 11.6 Å². The van der Waals surface area contributed by atoms with E-state index < -0.39 is 0 Å². The molecule has 5 nitrogen and oxygen atoms in total. The predicted molar refractivity (Wildman–Crippen MR) is 71.0 cm³/mol. The maximum absolute atomic E-state index is 11.8. The highest BCUT2D eigenvalue weighted by molar-refractivity contribution is 6.30. The highest BCUT2D eigenvalue weighted by atomic mass is 35.5. The van der Waals surface area contributed by atoms with Crippen molar-refractivity contribution in [3.05, 3.63) is 47.4 Å². The SMILES string of the molecule is CNc1cnc(C(=O)Nc2cccc(Cl)c2)cn1. The minimum Gasteiger partial charge on any atom is -0.372 e. The first-order valence-corrected chi connectivity index (χ1v) is 5.63. The van der Waals surface area contributed by atoms with Gasteiger partial charge in [0.05, 0.1) is 12.4 Å². The molecule has 1 heterocycles. The first kappa shape index (κ1) is 12.3. The van der Waals surface area contributed by atoms with Gasteiger partial charge in [-0.2, -0.15) is 0 Å². The molecular weight excluding hydrogens is 252 g/mol. The van der Waals surface area contributed by atoms with E-state index in [1.165, 1.54) is 12.4 Å². The van der Waals surface area contributed by atoms with E-state index in [1.807, 2.05) is 0 Å². The lowest BCUT2D eigenvalue weighted by Gasteiger charge is -2.05. The molecule has 0 radical (unpaired) electrons. The Morgan fingerprint density at radius 3 is 2.72 bits per heavy atom. The number of rotatable bonds is 3. The van der Waals surface area contributed by atoms with Gasteiger partial charge in [0.25, 0.3) is 5.91 Å². The highest BCUT2D eigenvalue weighted by Gasteiger charge is 2.08. The number of nitrogens with one attached hydrogen (secondary N) is 2. The number of anilines is 2. The molecule has 0 aliphatic rings. The smallest absolute Gasteiger partial charge is 0.275 e. The van der Waals surface area contributed by atoms with Crippen LogP contribution in [0.25, 0.3) is 0 Å². The van der Waals surface area contributed by atoms with Gasteiger partial charge >= 0.3 is 0 Å². The third-order valence-electron chi connectivity index (χ3n) is 2.22. The van der Waals surface area contributed by atoms with Crippen molar-refractivity contribution < 1.29 is 4.79 Å².